The molecule has 0 bridgehead atoms. The van der Waals surface area contributed by atoms with E-state index in [9.17, 15) is 0 Å². The molecular weight excluding hydrogens is 242 g/mol. The van der Waals surface area contributed by atoms with E-state index in [0.29, 0.717) is 12.1 Å². The van der Waals surface area contributed by atoms with Gasteiger partial charge >= 0.3 is 0 Å². The van der Waals surface area contributed by atoms with Crippen LogP contribution in [-0.4, -0.2) is 33.5 Å². The second-order valence-corrected chi connectivity index (χ2v) is 4.89. The summed E-state index contributed by atoms with van der Waals surface area (Å²) >= 11 is 0. The molecule has 1 fully saturated rings. The third-order valence-corrected chi connectivity index (χ3v) is 3.61. The van der Waals surface area contributed by atoms with Gasteiger partial charge < -0.3 is 19.5 Å². The van der Waals surface area contributed by atoms with Crippen LogP contribution in [-0.2, 0) is 4.74 Å². The molecule has 0 spiro atoms. The molecule has 4 nitrogen and oxygen atoms in total. The largest absolute Gasteiger partial charge is 0.493 e. The van der Waals surface area contributed by atoms with E-state index in [2.05, 4.69) is 18.3 Å². The van der Waals surface area contributed by atoms with Crippen LogP contribution < -0.4 is 14.8 Å². The van der Waals surface area contributed by atoms with Crippen molar-refractivity contribution in [2.45, 2.75) is 31.8 Å². The van der Waals surface area contributed by atoms with Crippen molar-refractivity contribution in [3.05, 3.63) is 23.8 Å². The first kappa shape index (κ1) is 14.2. The molecule has 0 radical (unpaired) electrons. The van der Waals surface area contributed by atoms with Crippen LogP contribution in [0.15, 0.2) is 18.2 Å². The lowest BCUT2D eigenvalue weighted by molar-refractivity contribution is 0.0754. The van der Waals surface area contributed by atoms with Gasteiger partial charge in [0.1, 0.15) is 0 Å². The number of benzene rings is 1. The molecule has 1 aromatic rings. The van der Waals surface area contributed by atoms with Gasteiger partial charge in [0.15, 0.2) is 11.5 Å². The number of methoxy groups -OCH3 is 2. The third kappa shape index (κ3) is 3.61. The molecule has 2 rings (SSSR count). The molecule has 1 atom stereocenters. The topological polar surface area (TPSA) is 39.7 Å². The van der Waals surface area contributed by atoms with Gasteiger partial charge in [0.25, 0.3) is 0 Å². The fourth-order valence-electron chi connectivity index (χ4n) is 2.44. The van der Waals surface area contributed by atoms with Crippen molar-refractivity contribution in [3.63, 3.8) is 0 Å². The minimum atomic E-state index is 0.294. The first-order valence-corrected chi connectivity index (χ1v) is 6.80. The lowest BCUT2D eigenvalue weighted by atomic mass is 10.0. The minimum Gasteiger partial charge on any atom is -0.493 e. The molecule has 1 heterocycles. The summed E-state index contributed by atoms with van der Waals surface area (Å²) in [6, 6.07) is 6.91. The highest BCUT2D eigenvalue weighted by Crippen LogP contribution is 2.30. The number of hydrogen-bond acceptors (Lipinski definition) is 4. The first-order chi connectivity index (χ1) is 9.24. The van der Waals surface area contributed by atoms with Crippen LogP contribution in [0, 0.1) is 0 Å². The number of nitrogens with one attached hydrogen (secondary N) is 1. The second kappa shape index (κ2) is 6.78. The highest BCUT2D eigenvalue weighted by Gasteiger charge is 2.17. The van der Waals surface area contributed by atoms with E-state index >= 15 is 0 Å². The van der Waals surface area contributed by atoms with Crippen molar-refractivity contribution in [2.75, 3.05) is 27.4 Å². The van der Waals surface area contributed by atoms with Crippen molar-refractivity contribution in [3.8, 4) is 11.5 Å². The van der Waals surface area contributed by atoms with Gasteiger partial charge in [-0.1, -0.05) is 6.07 Å². The van der Waals surface area contributed by atoms with Crippen molar-refractivity contribution in [1.82, 2.24) is 5.32 Å². The van der Waals surface area contributed by atoms with Gasteiger partial charge in [-0.25, -0.2) is 0 Å². The molecular formula is C15H23NO3. The number of ether oxygens (including phenoxy) is 3. The second-order valence-electron chi connectivity index (χ2n) is 4.89. The van der Waals surface area contributed by atoms with Crippen LogP contribution in [0.4, 0.5) is 0 Å². The van der Waals surface area contributed by atoms with Crippen LogP contribution in [0.1, 0.15) is 31.4 Å². The van der Waals surface area contributed by atoms with Crippen LogP contribution in [0.25, 0.3) is 0 Å². The summed E-state index contributed by atoms with van der Waals surface area (Å²) in [7, 11) is 3.32. The molecule has 1 saturated heterocycles. The summed E-state index contributed by atoms with van der Waals surface area (Å²) in [4.78, 5) is 0. The van der Waals surface area contributed by atoms with Crippen LogP contribution in [0.5, 0.6) is 11.5 Å². The molecule has 0 aliphatic carbocycles. The predicted octanol–water partition coefficient (Wildman–Crippen LogP) is 2.53. The molecule has 0 saturated carbocycles. The molecule has 1 N–H and O–H groups in total. The highest BCUT2D eigenvalue weighted by molar-refractivity contribution is 5.43. The molecule has 1 aliphatic heterocycles. The predicted molar refractivity (Wildman–Crippen MR) is 74.9 cm³/mol. The molecule has 1 aliphatic rings. The van der Waals surface area contributed by atoms with E-state index in [0.717, 1.165) is 37.6 Å². The van der Waals surface area contributed by atoms with Gasteiger partial charge in [0, 0.05) is 25.3 Å². The molecule has 106 valence electrons. The van der Waals surface area contributed by atoms with E-state index in [1.807, 2.05) is 12.1 Å². The monoisotopic (exact) mass is 265 g/mol. The van der Waals surface area contributed by atoms with Crippen molar-refractivity contribution in [2.24, 2.45) is 0 Å². The Morgan fingerprint density at radius 2 is 1.84 bits per heavy atom. The van der Waals surface area contributed by atoms with Crippen molar-refractivity contribution >= 4 is 0 Å². The van der Waals surface area contributed by atoms with Crippen LogP contribution in [0.3, 0.4) is 0 Å². The molecule has 0 unspecified atom stereocenters. The average Bonchev–Trinajstić information content (AvgIpc) is 2.47. The van der Waals surface area contributed by atoms with Gasteiger partial charge in [-0.3, -0.25) is 0 Å². The van der Waals surface area contributed by atoms with Crippen LogP contribution >= 0.6 is 0 Å². The summed E-state index contributed by atoms with van der Waals surface area (Å²) in [5.74, 6) is 1.55. The zero-order valence-electron chi connectivity index (χ0n) is 11.9. The lowest BCUT2D eigenvalue weighted by Crippen LogP contribution is -2.36. The molecule has 19 heavy (non-hydrogen) atoms. The van der Waals surface area contributed by atoms with Crippen LogP contribution in [0.2, 0.25) is 0 Å². The van der Waals surface area contributed by atoms with E-state index in [1.54, 1.807) is 14.2 Å². The normalized spacial score (nSPS) is 18.1. The molecule has 0 amide bonds. The van der Waals surface area contributed by atoms with Gasteiger partial charge in [-0.15, -0.1) is 0 Å². The summed E-state index contributed by atoms with van der Waals surface area (Å²) in [5, 5.41) is 3.65. The molecule has 0 aromatic heterocycles. The van der Waals surface area contributed by atoms with Gasteiger partial charge in [-0.05, 0) is 37.5 Å². The van der Waals surface area contributed by atoms with E-state index in [4.69, 9.17) is 14.2 Å². The summed E-state index contributed by atoms with van der Waals surface area (Å²) in [6.45, 7) is 3.89. The molecule has 4 heteroatoms. The van der Waals surface area contributed by atoms with Gasteiger partial charge in [0.05, 0.1) is 14.2 Å². The number of rotatable bonds is 5. The first-order valence-electron chi connectivity index (χ1n) is 6.80. The fourth-order valence-corrected chi connectivity index (χ4v) is 2.44. The van der Waals surface area contributed by atoms with Gasteiger partial charge in [0.2, 0.25) is 0 Å². The van der Waals surface area contributed by atoms with E-state index < -0.39 is 0 Å². The maximum atomic E-state index is 5.38. The SMILES string of the molecule is COc1ccc([C@H](C)NC2CCOCC2)cc1OC. The van der Waals surface area contributed by atoms with E-state index in [-0.39, 0.29) is 0 Å². The Balaban J connectivity index is 2.03. The third-order valence-electron chi connectivity index (χ3n) is 3.61. The Morgan fingerprint density at radius 1 is 1.16 bits per heavy atom. The lowest BCUT2D eigenvalue weighted by Gasteiger charge is -2.27. The Bertz CT molecular complexity index is 402. The quantitative estimate of drug-likeness (QED) is 0.888. The smallest absolute Gasteiger partial charge is 0.161 e. The minimum absolute atomic E-state index is 0.294. The van der Waals surface area contributed by atoms with Gasteiger partial charge in [-0.2, -0.15) is 0 Å². The van der Waals surface area contributed by atoms with Crippen molar-refractivity contribution in [1.29, 1.82) is 0 Å². The Kier molecular flexibility index (Phi) is 5.05. The summed E-state index contributed by atoms with van der Waals surface area (Å²) in [6.07, 6.45) is 2.16. The maximum Gasteiger partial charge on any atom is 0.161 e. The standard InChI is InChI=1S/C15H23NO3/c1-11(16-13-6-8-19-9-7-13)12-4-5-14(17-2)15(10-12)18-3/h4-5,10-11,13,16H,6-9H2,1-3H3/t11-/m0/s1. The Morgan fingerprint density at radius 3 is 2.47 bits per heavy atom. The maximum absolute atomic E-state index is 5.38. The number of hydrogen-bond donors (Lipinski definition) is 1. The Hall–Kier alpha value is -1.26. The molecule has 1 aromatic carbocycles. The summed E-state index contributed by atoms with van der Waals surface area (Å²) in [5.41, 5.74) is 1.21. The summed E-state index contributed by atoms with van der Waals surface area (Å²) < 4.78 is 16.0. The zero-order valence-corrected chi connectivity index (χ0v) is 11.9. The average molecular weight is 265 g/mol. The van der Waals surface area contributed by atoms with E-state index in [1.165, 1.54) is 5.56 Å². The van der Waals surface area contributed by atoms with Crippen molar-refractivity contribution < 1.29 is 14.2 Å². The Labute approximate surface area is 115 Å². The fraction of sp³-hybridized carbons (Fsp3) is 0.600. The zero-order chi connectivity index (χ0) is 13.7. The highest BCUT2D eigenvalue weighted by atomic mass is 16.5.